The van der Waals surface area contributed by atoms with Crippen LogP contribution in [0, 0.1) is 19.7 Å². The summed E-state index contributed by atoms with van der Waals surface area (Å²) in [4.78, 5) is 23.5. The molecule has 2 heterocycles. The molecule has 0 aliphatic carbocycles. The number of aryl methyl sites for hydroxylation is 2. The van der Waals surface area contributed by atoms with E-state index in [0.717, 1.165) is 20.8 Å². The predicted octanol–water partition coefficient (Wildman–Crippen LogP) is 4.81. The first kappa shape index (κ1) is 18.8. The van der Waals surface area contributed by atoms with E-state index in [2.05, 4.69) is 29.1 Å². The van der Waals surface area contributed by atoms with Crippen LogP contribution in [0.4, 0.5) is 4.39 Å². The fourth-order valence-electron chi connectivity index (χ4n) is 2.63. The van der Waals surface area contributed by atoms with Crippen molar-refractivity contribution in [3.05, 3.63) is 52.4 Å². The molecule has 0 saturated heterocycles. The van der Waals surface area contributed by atoms with Crippen LogP contribution in [0.3, 0.4) is 0 Å². The number of rotatable bonds is 5. The predicted molar refractivity (Wildman–Crippen MR) is 105 cm³/mol. The van der Waals surface area contributed by atoms with E-state index in [1.807, 2.05) is 13.8 Å². The highest BCUT2D eigenvalue weighted by Crippen LogP contribution is 2.36. The average molecular weight is 390 g/mol. The Bertz CT molecular complexity index is 940. The zero-order chi connectivity index (χ0) is 18.8. The summed E-state index contributed by atoms with van der Waals surface area (Å²) >= 11 is 3.07. The van der Waals surface area contributed by atoms with Gasteiger partial charge in [-0.15, -0.1) is 11.3 Å². The molecule has 0 fully saturated rings. The molecule has 1 aromatic carbocycles. The normalized spacial score (nSPS) is 13.6. The van der Waals surface area contributed by atoms with Crippen LogP contribution in [0.2, 0.25) is 0 Å². The lowest BCUT2D eigenvalue weighted by molar-refractivity contribution is -0.120. The van der Waals surface area contributed by atoms with Crippen molar-refractivity contribution < 1.29 is 9.18 Å². The van der Waals surface area contributed by atoms with E-state index in [4.69, 9.17) is 0 Å². The first-order valence-corrected chi connectivity index (χ1v) is 9.99. The Morgan fingerprint density at radius 2 is 1.88 bits per heavy atom. The lowest BCUT2D eigenvalue weighted by Gasteiger charge is -2.18. The summed E-state index contributed by atoms with van der Waals surface area (Å²) in [5, 5.41) is 4.53. The van der Waals surface area contributed by atoms with Crippen molar-refractivity contribution in [3.63, 3.8) is 0 Å². The quantitative estimate of drug-likeness (QED) is 0.503. The molecule has 3 rings (SSSR count). The first-order chi connectivity index (χ1) is 12.4. The van der Waals surface area contributed by atoms with Crippen molar-refractivity contribution in [1.82, 2.24) is 15.3 Å². The molecule has 0 saturated carbocycles. The first-order valence-electron chi connectivity index (χ1n) is 8.30. The Morgan fingerprint density at radius 3 is 2.58 bits per heavy atom. The van der Waals surface area contributed by atoms with E-state index < -0.39 is 0 Å². The summed E-state index contributed by atoms with van der Waals surface area (Å²) in [6.45, 7) is 7.87. The number of thiophene rings is 1. The van der Waals surface area contributed by atoms with Crippen molar-refractivity contribution in [2.24, 2.45) is 0 Å². The second kappa shape index (κ2) is 7.72. The molecular weight excluding hydrogens is 369 g/mol. The molecule has 136 valence electrons. The Hall–Kier alpha value is -1.99. The molecule has 2 unspecified atom stereocenters. The Kier molecular flexibility index (Phi) is 5.58. The monoisotopic (exact) mass is 389 g/mol. The van der Waals surface area contributed by atoms with Crippen LogP contribution in [-0.2, 0) is 4.79 Å². The zero-order valence-electron chi connectivity index (χ0n) is 15.0. The van der Waals surface area contributed by atoms with Gasteiger partial charge in [0.15, 0.2) is 0 Å². The molecule has 0 spiro atoms. The number of fused-ring (bicyclic) bond motifs is 1. The Morgan fingerprint density at radius 1 is 1.19 bits per heavy atom. The van der Waals surface area contributed by atoms with E-state index in [1.54, 1.807) is 29.8 Å². The molecule has 7 heteroatoms. The van der Waals surface area contributed by atoms with Gasteiger partial charge in [-0.05, 0) is 51.0 Å². The van der Waals surface area contributed by atoms with E-state index >= 15 is 0 Å². The smallest absolute Gasteiger partial charge is 0.233 e. The highest BCUT2D eigenvalue weighted by atomic mass is 32.2. The molecule has 0 radical (unpaired) electrons. The van der Waals surface area contributed by atoms with Gasteiger partial charge in [0.2, 0.25) is 5.91 Å². The third kappa shape index (κ3) is 3.88. The number of thioether (sulfide) groups is 1. The lowest BCUT2D eigenvalue weighted by atomic mass is 10.1. The van der Waals surface area contributed by atoms with Gasteiger partial charge in [0.25, 0.3) is 0 Å². The molecule has 26 heavy (non-hydrogen) atoms. The van der Waals surface area contributed by atoms with Crippen molar-refractivity contribution in [2.75, 3.05) is 0 Å². The molecule has 3 aromatic rings. The van der Waals surface area contributed by atoms with Gasteiger partial charge in [0.05, 0.1) is 11.3 Å². The minimum atomic E-state index is -0.310. The van der Waals surface area contributed by atoms with Crippen LogP contribution in [0.1, 0.15) is 35.9 Å². The largest absolute Gasteiger partial charge is 0.349 e. The van der Waals surface area contributed by atoms with E-state index in [1.165, 1.54) is 34.3 Å². The maximum atomic E-state index is 13.0. The highest BCUT2D eigenvalue weighted by Gasteiger charge is 2.21. The number of aromatic nitrogens is 2. The van der Waals surface area contributed by atoms with Crippen LogP contribution in [-0.4, -0.2) is 21.1 Å². The fraction of sp³-hybridized carbons (Fsp3) is 0.316. The van der Waals surface area contributed by atoms with E-state index in [0.29, 0.717) is 0 Å². The Labute approximate surface area is 160 Å². The summed E-state index contributed by atoms with van der Waals surface area (Å²) in [6, 6.07) is 5.97. The highest BCUT2D eigenvalue weighted by molar-refractivity contribution is 8.00. The SMILES string of the molecule is Cc1sc2ncnc(SC(C)C(=O)NC(C)c3ccc(F)cc3)c2c1C. The number of nitrogens with zero attached hydrogens (tertiary/aromatic N) is 2. The van der Waals surface area contributed by atoms with Crippen LogP contribution in [0.25, 0.3) is 10.2 Å². The average Bonchev–Trinajstić information content (AvgIpc) is 2.90. The van der Waals surface area contributed by atoms with Crippen molar-refractivity contribution >= 4 is 39.2 Å². The number of benzene rings is 1. The molecular formula is C19H20FN3OS2. The fourth-order valence-corrected chi connectivity index (χ4v) is 4.67. The maximum absolute atomic E-state index is 13.0. The van der Waals surface area contributed by atoms with Gasteiger partial charge in [0, 0.05) is 10.3 Å². The van der Waals surface area contributed by atoms with Gasteiger partial charge in [-0.3, -0.25) is 4.79 Å². The molecule has 0 bridgehead atoms. The van der Waals surface area contributed by atoms with Crippen molar-refractivity contribution in [1.29, 1.82) is 0 Å². The minimum absolute atomic E-state index is 0.0804. The summed E-state index contributed by atoms with van der Waals surface area (Å²) in [5.41, 5.74) is 2.03. The van der Waals surface area contributed by atoms with E-state index in [9.17, 15) is 9.18 Å². The lowest BCUT2D eigenvalue weighted by Crippen LogP contribution is -2.33. The Balaban J connectivity index is 1.72. The molecule has 1 amide bonds. The number of carbonyl (C=O) groups excluding carboxylic acids is 1. The maximum Gasteiger partial charge on any atom is 0.233 e. The van der Waals surface area contributed by atoms with Gasteiger partial charge in [-0.25, -0.2) is 14.4 Å². The molecule has 0 aliphatic rings. The van der Waals surface area contributed by atoms with Gasteiger partial charge in [-0.1, -0.05) is 23.9 Å². The standard InChI is InChI=1S/C19H20FN3OS2/c1-10-12(3)25-18-16(10)19(22-9-21-18)26-13(4)17(24)23-11(2)14-5-7-15(20)8-6-14/h5-9,11,13H,1-4H3,(H,23,24). The topological polar surface area (TPSA) is 54.9 Å². The summed E-state index contributed by atoms with van der Waals surface area (Å²) in [7, 11) is 0. The van der Waals surface area contributed by atoms with Crippen molar-refractivity contribution in [3.8, 4) is 0 Å². The second-order valence-electron chi connectivity index (χ2n) is 6.18. The van der Waals surface area contributed by atoms with Crippen LogP contribution in [0.5, 0.6) is 0 Å². The third-order valence-corrected chi connectivity index (χ3v) is 6.53. The number of hydrogen-bond acceptors (Lipinski definition) is 5. The minimum Gasteiger partial charge on any atom is -0.349 e. The molecule has 2 atom stereocenters. The summed E-state index contributed by atoms with van der Waals surface area (Å²) in [6.07, 6.45) is 1.55. The van der Waals surface area contributed by atoms with Gasteiger partial charge >= 0.3 is 0 Å². The summed E-state index contributed by atoms with van der Waals surface area (Å²) in [5.74, 6) is -0.367. The number of nitrogens with one attached hydrogen (secondary N) is 1. The molecule has 1 N–H and O–H groups in total. The van der Waals surface area contributed by atoms with Crippen LogP contribution >= 0.6 is 23.1 Å². The number of halogens is 1. The van der Waals surface area contributed by atoms with Gasteiger partial charge in [0.1, 0.15) is 22.0 Å². The number of amides is 1. The number of carbonyl (C=O) groups is 1. The summed E-state index contributed by atoms with van der Waals surface area (Å²) < 4.78 is 13.0. The third-order valence-electron chi connectivity index (χ3n) is 4.32. The molecule has 0 aliphatic heterocycles. The molecule has 2 aromatic heterocycles. The van der Waals surface area contributed by atoms with Gasteiger partial charge < -0.3 is 5.32 Å². The number of hydrogen-bond donors (Lipinski definition) is 1. The van der Waals surface area contributed by atoms with Crippen LogP contribution in [0.15, 0.2) is 35.6 Å². The molecule has 4 nitrogen and oxygen atoms in total. The van der Waals surface area contributed by atoms with Crippen LogP contribution < -0.4 is 5.32 Å². The second-order valence-corrected chi connectivity index (χ2v) is 8.72. The van der Waals surface area contributed by atoms with Crippen molar-refractivity contribution in [2.45, 2.75) is 44.0 Å². The van der Waals surface area contributed by atoms with E-state index in [-0.39, 0.29) is 23.0 Å². The zero-order valence-corrected chi connectivity index (χ0v) is 16.7. The van der Waals surface area contributed by atoms with Gasteiger partial charge in [-0.2, -0.15) is 0 Å².